The monoisotopic (exact) mass is 378 g/mol. The number of phosphoric ester groups is 1. The molecule has 5 heteroatoms. The van der Waals surface area contributed by atoms with Crippen LogP contribution in [0.4, 0.5) is 0 Å². The first-order valence-corrected chi connectivity index (χ1v) is 12.0. The minimum Gasteiger partial charge on any atom is -0.287 e. The van der Waals surface area contributed by atoms with Crippen LogP contribution in [0, 0.1) is 5.92 Å². The third-order valence-corrected chi connectivity index (χ3v) is 5.67. The highest BCUT2D eigenvalue weighted by molar-refractivity contribution is 7.48. The number of hydrogen-bond acceptors (Lipinski definition) is 4. The van der Waals surface area contributed by atoms with E-state index in [0.717, 1.165) is 57.3 Å². The molecule has 0 bridgehead atoms. The molecule has 0 aromatic carbocycles. The zero-order valence-corrected chi connectivity index (χ0v) is 18.2. The molecule has 0 heterocycles. The molecule has 0 saturated carbocycles. The Kier molecular flexibility index (Phi) is 17.6. The molecule has 4 nitrogen and oxygen atoms in total. The van der Waals surface area contributed by atoms with Gasteiger partial charge in [0.25, 0.3) is 0 Å². The van der Waals surface area contributed by atoms with Crippen LogP contribution in [-0.4, -0.2) is 19.8 Å². The van der Waals surface area contributed by atoms with Crippen LogP contribution >= 0.6 is 7.82 Å². The molecule has 0 aromatic heterocycles. The summed E-state index contributed by atoms with van der Waals surface area (Å²) < 4.78 is 29.2. The van der Waals surface area contributed by atoms with Crippen molar-refractivity contribution < 1.29 is 18.1 Å². The first-order valence-electron chi connectivity index (χ1n) is 10.6. The van der Waals surface area contributed by atoms with Gasteiger partial charge in [-0.15, -0.1) is 0 Å². The summed E-state index contributed by atoms with van der Waals surface area (Å²) in [5.74, 6) is 0.795. The van der Waals surface area contributed by atoms with Crippen molar-refractivity contribution >= 4 is 7.82 Å². The summed E-state index contributed by atoms with van der Waals surface area (Å²) in [4.78, 5) is 0. The Balaban J connectivity index is 3.92. The molecule has 0 aliphatic carbocycles. The van der Waals surface area contributed by atoms with Gasteiger partial charge in [-0.1, -0.05) is 85.5 Å². The van der Waals surface area contributed by atoms with Crippen LogP contribution in [0.3, 0.4) is 0 Å². The molecule has 0 unspecified atom stereocenters. The maximum Gasteiger partial charge on any atom is 0.474 e. The zero-order chi connectivity index (χ0) is 18.8. The van der Waals surface area contributed by atoms with Crippen LogP contribution in [0.25, 0.3) is 0 Å². The third-order valence-electron chi connectivity index (χ3n) is 4.17. The van der Waals surface area contributed by atoms with Crippen LogP contribution in [0.1, 0.15) is 105 Å². The fourth-order valence-electron chi connectivity index (χ4n) is 2.53. The van der Waals surface area contributed by atoms with Gasteiger partial charge in [-0.25, -0.2) is 4.57 Å². The summed E-state index contributed by atoms with van der Waals surface area (Å²) in [6.07, 6.45) is 13.3. The highest BCUT2D eigenvalue weighted by Gasteiger charge is 2.26. The molecule has 0 N–H and O–H groups in total. The molecule has 0 aliphatic rings. The Bertz CT molecular complexity index is 305. The fourth-order valence-corrected chi connectivity index (χ4v) is 3.81. The van der Waals surface area contributed by atoms with E-state index in [0.29, 0.717) is 19.8 Å². The normalized spacial score (nSPS) is 12.2. The summed E-state index contributed by atoms with van der Waals surface area (Å²) in [6.45, 7) is 10.2. The summed E-state index contributed by atoms with van der Waals surface area (Å²) in [5, 5.41) is 0. The molecule has 25 heavy (non-hydrogen) atoms. The van der Waals surface area contributed by atoms with E-state index in [-0.39, 0.29) is 0 Å². The molecule has 0 aromatic rings. The fraction of sp³-hybridized carbons (Fsp3) is 1.00. The number of hydrogen-bond donors (Lipinski definition) is 0. The minimum atomic E-state index is -3.37. The summed E-state index contributed by atoms with van der Waals surface area (Å²) in [5.41, 5.74) is 0. The minimum absolute atomic E-state index is 0.452. The van der Waals surface area contributed by atoms with E-state index in [1.807, 2.05) is 0 Å². The Labute approximate surface area is 157 Å². The standard InChI is InChI=1S/C20H43O4P/c1-5-7-13-17-22-25(21,23-18-14-8-6-2)24-19-15-11-9-10-12-16-20(3)4/h20H,5-19H2,1-4H3. The van der Waals surface area contributed by atoms with Crippen molar-refractivity contribution in [1.82, 2.24) is 0 Å². The molecule has 0 spiro atoms. The topological polar surface area (TPSA) is 44.8 Å². The zero-order valence-electron chi connectivity index (χ0n) is 17.3. The van der Waals surface area contributed by atoms with Crippen LogP contribution in [0.5, 0.6) is 0 Å². The molecule has 0 fully saturated rings. The van der Waals surface area contributed by atoms with Crippen molar-refractivity contribution in [2.24, 2.45) is 5.92 Å². The molecule has 0 aliphatic heterocycles. The van der Waals surface area contributed by atoms with Crippen molar-refractivity contribution in [3.05, 3.63) is 0 Å². The number of rotatable bonds is 19. The van der Waals surface area contributed by atoms with Gasteiger partial charge < -0.3 is 0 Å². The Morgan fingerprint density at radius 3 is 1.48 bits per heavy atom. The predicted molar refractivity (Wildman–Crippen MR) is 107 cm³/mol. The molecule has 0 amide bonds. The van der Waals surface area contributed by atoms with Crippen molar-refractivity contribution in [1.29, 1.82) is 0 Å². The highest BCUT2D eigenvalue weighted by atomic mass is 31.2. The van der Waals surface area contributed by atoms with Gasteiger partial charge in [0.15, 0.2) is 0 Å². The second-order valence-electron chi connectivity index (χ2n) is 7.31. The van der Waals surface area contributed by atoms with Crippen molar-refractivity contribution in [2.45, 2.75) is 105 Å². The van der Waals surface area contributed by atoms with Gasteiger partial charge in [0.2, 0.25) is 0 Å². The maximum atomic E-state index is 12.7. The Morgan fingerprint density at radius 2 is 1.04 bits per heavy atom. The van der Waals surface area contributed by atoms with Gasteiger partial charge in [0.1, 0.15) is 0 Å². The lowest BCUT2D eigenvalue weighted by molar-refractivity contribution is 0.109. The van der Waals surface area contributed by atoms with Gasteiger partial charge in [0, 0.05) is 0 Å². The van der Waals surface area contributed by atoms with Gasteiger partial charge >= 0.3 is 7.82 Å². The molecule has 0 rings (SSSR count). The van der Waals surface area contributed by atoms with Gasteiger partial charge in [-0.05, 0) is 25.2 Å². The lowest BCUT2D eigenvalue weighted by Gasteiger charge is -2.18. The van der Waals surface area contributed by atoms with Gasteiger partial charge in [-0.3, -0.25) is 13.6 Å². The quantitative estimate of drug-likeness (QED) is 0.172. The van der Waals surface area contributed by atoms with Crippen molar-refractivity contribution in [2.75, 3.05) is 19.8 Å². The molecule has 0 saturated heterocycles. The smallest absolute Gasteiger partial charge is 0.287 e. The first kappa shape index (κ1) is 25.1. The predicted octanol–water partition coefficient (Wildman–Crippen LogP) is 7.52. The third kappa shape index (κ3) is 17.3. The number of phosphoric acid groups is 1. The highest BCUT2D eigenvalue weighted by Crippen LogP contribution is 2.49. The maximum absolute atomic E-state index is 12.7. The molecular formula is C20H43O4P. The second kappa shape index (κ2) is 17.5. The van der Waals surface area contributed by atoms with E-state index >= 15 is 0 Å². The Morgan fingerprint density at radius 1 is 0.640 bits per heavy atom. The SMILES string of the molecule is CCCCCOP(=O)(OCCCCC)OCCCCCCCC(C)C. The lowest BCUT2D eigenvalue weighted by Crippen LogP contribution is -2.04. The van der Waals surface area contributed by atoms with Crippen molar-refractivity contribution in [3.63, 3.8) is 0 Å². The van der Waals surface area contributed by atoms with Crippen molar-refractivity contribution in [3.8, 4) is 0 Å². The van der Waals surface area contributed by atoms with Crippen LogP contribution in [0.2, 0.25) is 0 Å². The average molecular weight is 379 g/mol. The molecule has 0 radical (unpaired) electrons. The van der Waals surface area contributed by atoms with E-state index in [2.05, 4.69) is 27.7 Å². The van der Waals surface area contributed by atoms with Crippen LogP contribution in [-0.2, 0) is 18.1 Å². The van der Waals surface area contributed by atoms with E-state index in [4.69, 9.17) is 13.6 Å². The largest absolute Gasteiger partial charge is 0.474 e. The molecular weight excluding hydrogens is 335 g/mol. The lowest BCUT2D eigenvalue weighted by atomic mass is 10.0. The molecule has 152 valence electrons. The average Bonchev–Trinajstić information content (AvgIpc) is 2.58. The number of unbranched alkanes of at least 4 members (excludes halogenated alkanes) is 8. The second-order valence-corrected chi connectivity index (χ2v) is 8.98. The first-order chi connectivity index (χ1) is 12.0. The van der Waals surface area contributed by atoms with Gasteiger partial charge in [0.05, 0.1) is 19.8 Å². The summed E-state index contributed by atoms with van der Waals surface area (Å²) in [6, 6.07) is 0. The van der Waals surface area contributed by atoms with Crippen LogP contribution in [0.15, 0.2) is 0 Å². The van der Waals surface area contributed by atoms with E-state index < -0.39 is 7.82 Å². The molecule has 0 atom stereocenters. The summed E-state index contributed by atoms with van der Waals surface area (Å²) in [7, 11) is -3.37. The van der Waals surface area contributed by atoms with E-state index in [1.165, 1.54) is 25.7 Å². The van der Waals surface area contributed by atoms with E-state index in [9.17, 15) is 4.57 Å². The Hall–Kier alpha value is 0.110. The van der Waals surface area contributed by atoms with E-state index in [1.54, 1.807) is 0 Å². The summed E-state index contributed by atoms with van der Waals surface area (Å²) >= 11 is 0. The van der Waals surface area contributed by atoms with Gasteiger partial charge in [-0.2, -0.15) is 0 Å². The van der Waals surface area contributed by atoms with Crippen LogP contribution < -0.4 is 0 Å².